The van der Waals surface area contributed by atoms with Crippen molar-refractivity contribution in [3.63, 3.8) is 0 Å². The molecule has 0 unspecified atom stereocenters. The number of carbonyl (C=O) groups excluding carboxylic acids is 2. The zero-order valence-electron chi connectivity index (χ0n) is 13.3. The highest BCUT2D eigenvalue weighted by molar-refractivity contribution is 5.87. The molecule has 0 atom stereocenters. The van der Waals surface area contributed by atoms with E-state index in [0.29, 0.717) is 17.9 Å². The molecule has 0 heterocycles. The van der Waals surface area contributed by atoms with Crippen molar-refractivity contribution < 1.29 is 19.1 Å². The lowest BCUT2D eigenvalue weighted by molar-refractivity contribution is -0.144. The van der Waals surface area contributed by atoms with Gasteiger partial charge in [-0.1, -0.05) is 19.1 Å². The zero-order valence-corrected chi connectivity index (χ0v) is 13.3. The quantitative estimate of drug-likeness (QED) is 0.630. The maximum Gasteiger partial charge on any atom is 0.316 e. The summed E-state index contributed by atoms with van der Waals surface area (Å²) in [4.78, 5) is 23.1. The number of benzene rings is 2. The first-order valence-corrected chi connectivity index (χ1v) is 7.26. The van der Waals surface area contributed by atoms with E-state index >= 15 is 0 Å². The Hall–Kier alpha value is -2.36. The Morgan fingerprint density at radius 1 is 0.955 bits per heavy atom. The van der Waals surface area contributed by atoms with Crippen molar-refractivity contribution in [3.05, 3.63) is 36.4 Å². The molecule has 0 bridgehead atoms. The van der Waals surface area contributed by atoms with Gasteiger partial charge in [0.1, 0.15) is 11.5 Å². The molecule has 4 heteroatoms. The zero-order chi connectivity index (χ0) is 16.3. The highest BCUT2D eigenvalue weighted by Gasteiger charge is 2.27. The number of ether oxygens (including phenoxy) is 2. The molecule has 0 aliphatic heterocycles. The second-order valence-electron chi connectivity index (χ2n) is 5.89. The third-order valence-corrected chi connectivity index (χ3v) is 3.69. The van der Waals surface area contributed by atoms with Gasteiger partial charge in [-0.3, -0.25) is 9.59 Å². The van der Waals surface area contributed by atoms with Crippen LogP contribution in [0.15, 0.2) is 36.4 Å². The van der Waals surface area contributed by atoms with E-state index in [1.54, 1.807) is 24.3 Å². The van der Waals surface area contributed by atoms with Crippen LogP contribution in [0.5, 0.6) is 11.5 Å². The molecule has 0 fully saturated rings. The van der Waals surface area contributed by atoms with E-state index in [-0.39, 0.29) is 11.9 Å². The third-order valence-electron chi connectivity index (χ3n) is 3.69. The van der Waals surface area contributed by atoms with Gasteiger partial charge < -0.3 is 9.47 Å². The van der Waals surface area contributed by atoms with E-state index in [0.717, 1.165) is 10.8 Å². The van der Waals surface area contributed by atoms with E-state index < -0.39 is 5.41 Å². The molecule has 0 aromatic heterocycles. The van der Waals surface area contributed by atoms with E-state index in [1.807, 2.05) is 32.9 Å². The number of hydrogen-bond donors (Lipinski definition) is 0. The maximum atomic E-state index is 12.1. The SMILES string of the molecule is CCC(C)(C)C(=O)Oc1ccc2cc(OC(C)=O)ccc2c1. The van der Waals surface area contributed by atoms with Gasteiger partial charge in [0.05, 0.1) is 5.41 Å². The van der Waals surface area contributed by atoms with Crippen molar-refractivity contribution in [1.82, 2.24) is 0 Å². The van der Waals surface area contributed by atoms with E-state index in [9.17, 15) is 9.59 Å². The van der Waals surface area contributed by atoms with Crippen LogP contribution >= 0.6 is 0 Å². The van der Waals surface area contributed by atoms with Gasteiger partial charge in [-0.05, 0) is 55.3 Å². The van der Waals surface area contributed by atoms with Crippen molar-refractivity contribution in [2.45, 2.75) is 34.1 Å². The van der Waals surface area contributed by atoms with Crippen LogP contribution in [0, 0.1) is 5.41 Å². The number of esters is 2. The topological polar surface area (TPSA) is 52.6 Å². The Labute approximate surface area is 130 Å². The summed E-state index contributed by atoms with van der Waals surface area (Å²) < 4.78 is 10.5. The number of rotatable bonds is 4. The Bertz CT molecular complexity index is 716. The lowest BCUT2D eigenvalue weighted by Crippen LogP contribution is -2.28. The molecule has 0 aliphatic rings. The molecule has 0 N–H and O–H groups in total. The first-order valence-electron chi connectivity index (χ1n) is 7.26. The molecule has 2 rings (SSSR count). The second kappa shape index (κ2) is 6.18. The molecule has 0 spiro atoms. The molecule has 2 aromatic carbocycles. The number of hydrogen-bond acceptors (Lipinski definition) is 4. The van der Waals surface area contributed by atoms with Crippen molar-refractivity contribution in [2.75, 3.05) is 0 Å². The van der Waals surface area contributed by atoms with E-state index in [4.69, 9.17) is 9.47 Å². The van der Waals surface area contributed by atoms with Crippen LogP contribution in [0.2, 0.25) is 0 Å². The van der Waals surface area contributed by atoms with Gasteiger partial charge in [-0.15, -0.1) is 0 Å². The molecule has 0 amide bonds. The summed E-state index contributed by atoms with van der Waals surface area (Å²) >= 11 is 0. The summed E-state index contributed by atoms with van der Waals surface area (Å²) in [6.45, 7) is 7.05. The van der Waals surface area contributed by atoms with Gasteiger partial charge in [-0.2, -0.15) is 0 Å². The van der Waals surface area contributed by atoms with Gasteiger partial charge in [0.25, 0.3) is 0 Å². The monoisotopic (exact) mass is 300 g/mol. The van der Waals surface area contributed by atoms with Gasteiger partial charge >= 0.3 is 11.9 Å². The van der Waals surface area contributed by atoms with Gasteiger partial charge in [0.2, 0.25) is 0 Å². The molecule has 4 nitrogen and oxygen atoms in total. The minimum Gasteiger partial charge on any atom is -0.427 e. The maximum absolute atomic E-state index is 12.1. The van der Waals surface area contributed by atoms with Gasteiger partial charge in [0.15, 0.2) is 0 Å². The molecule has 116 valence electrons. The Morgan fingerprint density at radius 2 is 1.45 bits per heavy atom. The number of fused-ring (bicyclic) bond motifs is 1. The van der Waals surface area contributed by atoms with Crippen molar-refractivity contribution in [2.24, 2.45) is 5.41 Å². The highest BCUT2D eigenvalue weighted by Crippen LogP contribution is 2.28. The van der Waals surface area contributed by atoms with Crippen LogP contribution in [0.4, 0.5) is 0 Å². The van der Waals surface area contributed by atoms with Crippen LogP contribution in [-0.4, -0.2) is 11.9 Å². The molecule has 22 heavy (non-hydrogen) atoms. The minimum atomic E-state index is -0.506. The van der Waals surface area contributed by atoms with E-state index in [2.05, 4.69) is 0 Å². The average molecular weight is 300 g/mol. The van der Waals surface area contributed by atoms with Gasteiger partial charge in [0, 0.05) is 6.92 Å². The first-order chi connectivity index (χ1) is 10.3. The van der Waals surface area contributed by atoms with Crippen LogP contribution in [0.25, 0.3) is 10.8 Å². The second-order valence-corrected chi connectivity index (χ2v) is 5.89. The largest absolute Gasteiger partial charge is 0.427 e. The van der Waals surface area contributed by atoms with E-state index in [1.165, 1.54) is 6.92 Å². The summed E-state index contributed by atoms with van der Waals surface area (Å²) in [5, 5.41) is 1.82. The highest BCUT2D eigenvalue weighted by atomic mass is 16.5. The van der Waals surface area contributed by atoms with Crippen LogP contribution in [0.1, 0.15) is 34.1 Å². The summed E-state index contributed by atoms with van der Waals surface area (Å²) in [6, 6.07) is 10.7. The van der Waals surface area contributed by atoms with Crippen molar-refractivity contribution >= 4 is 22.7 Å². The Morgan fingerprint density at radius 3 is 1.91 bits per heavy atom. The molecular weight excluding hydrogens is 280 g/mol. The summed E-state index contributed by atoms with van der Waals surface area (Å²) in [6.07, 6.45) is 0.713. The fraction of sp³-hybridized carbons (Fsp3) is 0.333. The fourth-order valence-corrected chi connectivity index (χ4v) is 1.88. The van der Waals surface area contributed by atoms with Crippen LogP contribution in [0.3, 0.4) is 0 Å². The minimum absolute atomic E-state index is 0.245. The summed E-state index contributed by atoms with van der Waals surface area (Å²) in [7, 11) is 0. The van der Waals surface area contributed by atoms with Crippen LogP contribution < -0.4 is 9.47 Å². The smallest absolute Gasteiger partial charge is 0.316 e. The van der Waals surface area contributed by atoms with Crippen molar-refractivity contribution in [3.8, 4) is 11.5 Å². The summed E-state index contributed by atoms with van der Waals surface area (Å²) in [5.74, 6) is 0.411. The predicted octanol–water partition coefficient (Wildman–Crippen LogP) is 4.11. The Balaban J connectivity index is 2.24. The normalized spacial score (nSPS) is 11.3. The fourth-order valence-electron chi connectivity index (χ4n) is 1.88. The average Bonchev–Trinajstić information content (AvgIpc) is 2.46. The molecule has 0 aliphatic carbocycles. The van der Waals surface area contributed by atoms with Gasteiger partial charge in [-0.25, -0.2) is 0 Å². The molecule has 0 saturated carbocycles. The molecule has 0 saturated heterocycles. The standard InChI is InChI=1S/C18H20O4/c1-5-18(3,4)17(20)22-16-9-7-13-10-15(21-12(2)19)8-6-14(13)11-16/h6-11H,5H2,1-4H3. The Kier molecular flexibility index (Phi) is 4.50. The molecular formula is C18H20O4. The predicted molar refractivity (Wildman–Crippen MR) is 85.0 cm³/mol. The first kappa shape index (κ1) is 16.0. The third kappa shape index (κ3) is 3.64. The molecule has 0 radical (unpaired) electrons. The molecule has 2 aromatic rings. The summed E-state index contributed by atoms with van der Waals surface area (Å²) in [5.41, 5.74) is -0.506. The lowest BCUT2D eigenvalue weighted by atomic mass is 9.91. The van der Waals surface area contributed by atoms with Crippen molar-refractivity contribution in [1.29, 1.82) is 0 Å². The number of carbonyl (C=O) groups is 2. The lowest BCUT2D eigenvalue weighted by Gasteiger charge is -2.20. The van der Waals surface area contributed by atoms with Crippen LogP contribution in [-0.2, 0) is 9.59 Å².